The van der Waals surface area contributed by atoms with E-state index in [1.807, 2.05) is 24.5 Å². The summed E-state index contributed by atoms with van der Waals surface area (Å²) in [5, 5.41) is 2.34. The molecule has 0 unspecified atom stereocenters. The first kappa shape index (κ1) is 35.3. The predicted molar refractivity (Wildman–Crippen MR) is 222 cm³/mol. The lowest BCUT2D eigenvalue weighted by Crippen LogP contribution is -2.31. The maximum absolute atomic E-state index is 6.64. The third-order valence-electron chi connectivity index (χ3n) is 10.2. The third-order valence-corrected chi connectivity index (χ3v) is 10.2. The highest BCUT2D eigenvalue weighted by molar-refractivity contribution is 6.09. The van der Waals surface area contributed by atoms with Crippen molar-refractivity contribution >= 4 is 32.8 Å². The molecule has 6 nitrogen and oxygen atoms in total. The molecule has 4 aromatic heterocycles. The van der Waals surface area contributed by atoms with Crippen LogP contribution in [0, 0.1) is 5.41 Å². The largest absolute Gasteiger partial charge is 0.457 e. The summed E-state index contributed by atoms with van der Waals surface area (Å²) >= 11 is 0. The van der Waals surface area contributed by atoms with Gasteiger partial charge < -0.3 is 4.74 Å². The highest BCUT2D eigenvalue weighted by atomic mass is 16.5. The van der Waals surface area contributed by atoms with Gasteiger partial charge in [0.1, 0.15) is 23.0 Å². The van der Waals surface area contributed by atoms with Gasteiger partial charge in [0.25, 0.3) is 6.33 Å². The van der Waals surface area contributed by atoms with Crippen LogP contribution < -0.4 is 9.30 Å². The minimum atomic E-state index is 0.00630. The van der Waals surface area contributed by atoms with Crippen LogP contribution in [0.5, 0.6) is 11.5 Å². The molecule has 0 atom stereocenters. The predicted octanol–water partition coefficient (Wildman–Crippen LogP) is 11.8. The van der Waals surface area contributed by atoms with Gasteiger partial charge in [0.2, 0.25) is 5.82 Å². The lowest BCUT2D eigenvalue weighted by Gasteiger charge is -2.25. The minimum absolute atomic E-state index is 0.00630. The Morgan fingerprint density at radius 3 is 1.93 bits per heavy atom. The van der Waals surface area contributed by atoms with Crippen molar-refractivity contribution < 1.29 is 9.30 Å². The van der Waals surface area contributed by atoms with Crippen LogP contribution >= 0.6 is 0 Å². The van der Waals surface area contributed by atoms with Crippen LogP contribution in [0.15, 0.2) is 128 Å². The Morgan fingerprint density at radius 2 is 1.20 bits per heavy atom. The normalized spacial score (nSPS) is 12.6. The molecule has 0 aliphatic heterocycles. The number of hydrogen-bond acceptors (Lipinski definition) is 3. The second-order valence-electron chi connectivity index (χ2n) is 17.9. The molecule has 0 saturated heterocycles. The molecule has 0 spiro atoms. The summed E-state index contributed by atoms with van der Waals surface area (Å²) in [6, 6.07) is 38.7. The highest BCUT2D eigenvalue weighted by Crippen LogP contribution is 2.36. The maximum atomic E-state index is 6.64. The molecule has 6 heteroatoms. The Balaban J connectivity index is 1.20. The minimum Gasteiger partial charge on any atom is -0.457 e. The molecule has 0 amide bonds. The van der Waals surface area contributed by atoms with E-state index in [0.29, 0.717) is 5.75 Å². The van der Waals surface area contributed by atoms with Crippen LogP contribution in [-0.2, 0) is 17.3 Å². The molecular weight excluding hydrogens is 663 g/mol. The number of benzene rings is 4. The Bertz CT molecular complexity index is 2640. The van der Waals surface area contributed by atoms with Gasteiger partial charge in [-0.05, 0) is 100 Å². The zero-order valence-electron chi connectivity index (χ0n) is 33.0. The lowest BCUT2D eigenvalue weighted by molar-refractivity contribution is -0.567. The van der Waals surface area contributed by atoms with E-state index in [2.05, 4.69) is 179 Å². The molecule has 0 aliphatic carbocycles. The Labute approximate surface area is 318 Å². The SMILES string of the molecule is CC(C)(C)Cc1ccnc(-n2c3ccccc3c3ccc(Oc4ccnc(-n5c[n+](-c6cc(C(C)(C)C)cc(C(C)(C)C)c6)c6ccccc65)c4)cc32)c1. The van der Waals surface area contributed by atoms with E-state index in [1.54, 1.807) is 0 Å². The molecule has 8 aromatic rings. The zero-order chi connectivity index (χ0) is 38.0. The van der Waals surface area contributed by atoms with Crippen molar-refractivity contribution in [2.45, 2.75) is 79.6 Å². The van der Waals surface area contributed by atoms with Crippen LogP contribution in [0.1, 0.15) is 79.0 Å². The molecule has 0 saturated carbocycles. The average Bonchev–Trinajstić information content (AvgIpc) is 3.66. The summed E-state index contributed by atoms with van der Waals surface area (Å²) < 4.78 is 13.3. The second kappa shape index (κ2) is 13.0. The number of fused-ring (bicyclic) bond motifs is 4. The smallest absolute Gasteiger partial charge is 0.256 e. The van der Waals surface area contributed by atoms with Crippen LogP contribution in [-0.4, -0.2) is 19.1 Å². The molecule has 8 rings (SSSR count). The Kier molecular flexibility index (Phi) is 8.48. The fourth-order valence-corrected chi connectivity index (χ4v) is 7.41. The molecule has 0 radical (unpaired) electrons. The van der Waals surface area contributed by atoms with Gasteiger partial charge in [-0.2, -0.15) is 9.13 Å². The van der Waals surface area contributed by atoms with Crippen molar-refractivity contribution in [3.8, 4) is 28.8 Å². The van der Waals surface area contributed by atoms with Gasteiger partial charge in [-0.15, -0.1) is 0 Å². The number of rotatable bonds is 6. The fraction of sp³-hybridized carbons (Fsp3) is 0.271. The molecular formula is C48H50N5O+. The van der Waals surface area contributed by atoms with Gasteiger partial charge >= 0.3 is 0 Å². The van der Waals surface area contributed by atoms with Crippen molar-refractivity contribution in [2.75, 3.05) is 0 Å². The molecule has 4 aromatic carbocycles. The molecule has 0 fully saturated rings. The van der Waals surface area contributed by atoms with Gasteiger partial charge in [0.05, 0.1) is 11.0 Å². The van der Waals surface area contributed by atoms with E-state index in [1.165, 1.54) is 22.1 Å². The van der Waals surface area contributed by atoms with Crippen LogP contribution in [0.3, 0.4) is 0 Å². The van der Waals surface area contributed by atoms with Crippen molar-refractivity contribution in [1.82, 2.24) is 19.1 Å². The van der Waals surface area contributed by atoms with Crippen molar-refractivity contribution in [3.63, 3.8) is 0 Å². The summed E-state index contributed by atoms with van der Waals surface area (Å²) in [4.78, 5) is 9.71. The Hall–Kier alpha value is -5.75. The number of para-hydroxylation sites is 3. The van der Waals surface area contributed by atoms with E-state index in [-0.39, 0.29) is 16.2 Å². The second-order valence-corrected chi connectivity index (χ2v) is 17.9. The average molecular weight is 713 g/mol. The molecule has 4 heterocycles. The number of nitrogens with zero attached hydrogens (tertiary/aromatic N) is 5. The summed E-state index contributed by atoms with van der Waals surface area (Å²) in [5.41, 5.74) is 9.55. The van der Waals surface area contributed by atoms with Crippen LogP contribution in [0.2, 0.25) is 0 Å². The third kappa shape index (κ3) is 6.77. The molecule has 54 heavy (non-hydrogen) atoms. The van der Waals surface area contributed by atoms with Gasteiger partial charge in [-0.1, -0.05) is 98.7 Å². The van der Waals surface area contributed by atoms with E-state index >= 15 is 0 Å². The fourth-order valence-electron chi connectivity index (χ4n) is 7.41. The van der Waals surface area contributed by atoms with E-state index < -0.39 is 0 Å². The quantitative estimate of drug-likeness (QED) is 0.161. The van der Waals surface area contributed by atoms with Gasteiger partial charge in [0.15, 0.2) is 11.0 Å². The van der Waals surface area contributed by atoms with Crippen molar-refractivity contribution in [1.29, 1.82) is 0 Å². The monoisotopic (exact) mass is 712 g/mol. The summed E-state index contributed by atoms with van der Waals surface area (Å²) in [6.45, 7) is 20.5. The molecule has 0 aliphatic rings. The molecule has 0 N–H and O–H groups in total. The number of ether oxygens (including phenoxy) is 1. The number of imidazole rings is 1. The zero-order valence-corrected chi connectivity index (χ0v) is 33.0. The lowest BCUT2D eigenvalue weighted by atomic mass is 9.80. The van der Waals surface area contributed by atoms with E-state index in [9.17, 15) is 0 Å². The standard InChI is InChI=1S/C48H50N5O/c1-46(2,3)30-32-20-22-50-45(24-32)53-40-15-11-10-14-38(40)39-19-18-36(28-43(39)53)54-37-21-23-49-44(29-37)52-31-51(41-16-12-13-17-42(41)52)35-26-33(47(4,5)6)25-34(27-35)48(7,8)9/h10-29,31H,30H2,1-9H3/q+1. The first-order valence-electron chi connectivity index (χ1n) is 18.9. The number of pyridine rings is 2. The summed E-state index contributed by atoms with van der Waals surface area (Å²) in [6.07, 6.45) is 6.86. The first-order chi connectivity index (χ1) is 25.6. The summed E-state index contributed by atoms with van der Waals surface area (Å²) in [5.74, 6) is 3.14. The van der Waals surface area contributed by atoms with Crippen LogP contribution in [0.25, 0.3) is 50.2 Å². The topological polar surface area (TPSA) is 48.8 Å². The number of hydrogen-bond donors (Lipinski definition) is 0. The number of aromatic nitrogens is 5. The van der Waals surface area contributed by atoms with E-state index in [4.69, 9.17) is 14.7 Å². The van der Waals surface area contributed by atoms with Gasteiger partial charge in [-0.3, -0.25) is 4.57 Å². The van der Waals surface area contributed by atoms with Gasteiger partial charge in [0, 0.05) is 35.3 Å². The molecule has 0 bridgehead atoms. The van der Waals surface area contributed by atoms with Gasteiger partial charge in [-0.25, -0.2) is 9.97 Å². The molecule has 272 valence electrons. The Morgan fingerprint density at radius 1 is 0.574 bits per heavy atom. The van der Waals surface area contributed by atoms with Crippen molar-refractivity contribution in [3.05, 3.63) is 145 Å². The highest BCUT2D eigenvalue weighted by Gasteiger charge is 2.26. The first-order valence-corrected chi connectivity index (χ1v) is 18.9. The summed E-state index contributed by atoms with van der Waals surface area (Å²) in [7, 11) is 0. The van der Waals surface area contributed by atoms with Crippen LogP contribution in [0.4, 0.5) is 0 Å². The van der Waals surface area contributed by atoms with E-state index in [0.717, 1.165) is 56.9 Å². The maximum Gasteiger partial charge on any atom is 0.256 e. The van der Waals surface area contributed by atoms with Crippen molar-refractivity contribution in [2.24, 2.45) is 5.41 Å².